The van der Waals surface area contributed by atoms with Crippen molar-refractivity contribution in [2.45, 2.75) is 25.7 Å². The lowest BCUT2D eigenvalue weighted by Gasteiger charge is -2.14. The highest BCUT2D eigenvalue weighted by Crippen LogP contribution is 2.46. The molecule has 0 saturated carbocycles. The minimum Gasteiger partial charge on any atom is -0.481 e. The van der Waals surface area contributed by atoms with Gasteiger partial charge < -0.3 is 9.67 Å². The Morgan fingerprint density at radius 1 is 1.12 bits per heavy atom. The van der Waals surface area contributed by atoms with Crippen LogP contribution in [0, 0.1) is 24.7 Å². The molecule has 0 aromatic carbocycles. The summed E-state index contributed by atoms with van der Waals surface area (Å²) < 4.78 is 12.3. The molecule has 0 aliphatic heterocycles. The Labute approximate surface area is 97.0 Å². The molecule has 0 unspecified atom stereocenters. The number of carbonyl (C=O) groups is 1. The van der Waals surface area contributed by atoms with Crippen LogP contribution in [0.5, 0.6) is 0 Å². The predicted molar refractivity (Wildman–Crippen MR) is 66.0 cm³/mol. The molecule has 0 radical (unpaired) electrons. The third kappa shape index (κ3) is 7.16. The van der Waals surface area contributed by atoms with Crippen LogP contribution in [0.3, 0.4) is 0 Å². The molecule has 0 rings (SSSR count). The van der Waals surface area contributed by atoms with Crippen LogP contribution in [0.15, 0.2) is 0 Å². The molecule has 0 aromatic heterocycles. The minimum atomic E-state index is -2.63. The monoisotopic (exact) mass is 240 g/mol. The molecule has 1 N–H and O–H groups in total. The Morgan fingerprint density at radius 2 is 1.56 bits per heavy atom. The van der Waals surface area contributed by atoms with E-state index in [0.29, 0.717) is 38.0 Å². The maximum absolute atomic E-state index is 12.3. The number of unbranched alkanes of at least 4 members (excludes halogenated alkanes) is 2. The van der Waals surface area contributed by atoms with Crippen LogP contribution < -0.4 is 0 Å². The van der Waals surface area contributed by atoms with E-state index in [1.165, 1.54) is 0 Å². The fourth-order valence-electron chi connectivity index (χ4n) is 1.45. The molecule has 0 aromatic rings. The molecule has 0 amide bonds. The molecular formula is C12H17O3P. The van der Waals surface area contributed by atoms with Crippen molar-refractivity contribution in [1.29, 1.82) is 0 Å². The van der Waals surface area contributed by atoms with E-state index in [4.69, 9.17) is 18.0 Å². The first kappa shape index (κ1) is 14.8. The topological polar surface area (TPSA) is 54.4 Å². The van der Waals surface area contributed by atoms with E-state index < -0.39 is 13.1 Å². The van der Waals surface area contributed by atoms with Crippen molar-refractivity contribution in [2.75, 3.05) is 18.5 Å². The average molecular weight is 240 g/mol. The first-order valence-corrected chi connectivity index (χ1v) is 7.46. The first-order valence-electron chi connectivity index (χ1n) is 5.20. The fourth-order valence-corrected chi connectivity index (χ4v) is 3.96. The number of carboxylic acid groups (broad SMARTS) is 1. The highest BCUT2D eigenvalue weighted by molar-refractivity contribution is 7.64. The number of aliphatic carboxylic acids is 1. The van der Waals surface area contributed by atoms with E-state index in [9.17, 15) is 9.36 Å². The standard InChI is InChI=1S/C12H17O3P/c1-3-5-7-9-16(15,11-12(13)14)10-8-6-4-2/h1-2H,5-11H2,(H,13,14). The van der Waals surface area contributed by atoms with Gasteiger partial charge in [0, 0.05) is 25.2 Å². The largest absolute Gasteiger partial charge is 0.481 e. The van der Waals surface area contributed by atoms with Crippen molar-refractivity contribution in [3.8, 4) is 24.7 Å². The van der Waals surface area contributed by atoms with Crippen LogP contribution in [-0.2, 0) is 9.36 Å². The van der Waals surface area contributed by atoms with Crippen LogP contribution in [0.25, 0.3) is 0 Å². The van der Waals surface area contributed by atoms with Gasteiger partial charge in [-0.25, -0.2) is 0 Å². The van der Waals surface area contributed by atoms with Crippen LogP contribution in [-0.4, -0.2) is 29.6 Å². The summed E-state index contributed by atoms with van der Waals surface area (Å²) >= 11 is 0. The zero-order valence-corrected chi connectivity index (χ0v) is 10.2. The second-order valence-corrected chi connectivity index (χ2v) is 7.00. The summed E-state index contributed by atoms with van der Waals surface area (Å²) in [5.74, 6) is 3.91. The summed E-state index contributed by atoms with van der Waals surface area (Å²) in [7, 11) is -2.63. The molecule has 16 heavy (non-hydrogen) atoms. The van der Waals surface area contributed by atoms with E-state index >= 15 is 0 Å². The van der Waals surface area contributed by atoms with Gasteiger partial charge in [0.2, 0.25) is 0 Å². The Balaban J connectivity index is 4.26. The van der Waals surface area contributed by atoms with Crippen molar-refractivity contribution in [1.82, 2.24) is 0 Å². The quantitative estimate of drug-likeness (QED) is 0.402. The van der Waals surface area contributed by atoms with Crippen molar-refractivity contribution < 1.29 is 14.5 Å². The molecule has 0 bridgehead atoms. The summed E-state index contributed by atoms with van der Waals surface area (Å²) in [6, 6.07) is 0. The third-order valence-corrected chi connectivity index (χ3v) is 5.31. The van der Waals surface area contributed by atoms with Gasteiger partial charge >= 0.3 is 5.97 Å². The number of rotatable bonds is 8. The molecule has 0 heterocycles. The summed E-state index contributed by atoms with van der Waals surface area (Å²) in [4.78, 5) is 10.6. The van der Waals surface area contributed by atoms with Gasteiger partial charge in [0.1, 0.15) is 0 Å². The highest BCUT2D eigenvalue weighted by atomic mass is 31.2. The molecule has 4 heteroatoms. The maximum atomic E-state index is 12.3. The Hall–Kier alpha value is -1.18. The van der Waals surface area contributed by atoms with Gasteiger partial charge in [-0.15, -0.1) is 24.7 Å². The lowest BCUT2D eigenvalue weighted by molar-refractivity contribution is -0.134. The van der Waals surface area contributed by atoms with Crippen LogP contribution in [0.1, 0.15) is 25.7 Å². The number of hydrogen-bond acceptors (Lipinski definition) is 2. The highest BCUT2D eigenvalue weighted by Gasteiger charge is 2.24. The van der Waals surface area contributed by atoms with Crippen molar-refractivity contribution in [3.05, 3.63) is 0 Å². The molecule has 0 spiro atoms. The summed E-state index contributed by atoms with van der Waals surface area (Å²) in [5.41, 5.74) is 0. The van der Waals surface area contributed by atoms with Crippen LogP contribution in [0.4, 0.5) is 0 Å². The summed E-state index contributed by atoms with van der Waals surface area (Å²) in [6.45, 7) is 0. The molecule has 0 atom stereocenters. The second kappa shape index (κ2) is 8.03. The molecule has 3 nitrogen and oxygen atoms in total. The fraction of sp³-hybridized carbons (Fsp3) is 0.583. The Morgan fingerprint density at radius 3 is 1.88 bits per heavy atom. The van der Waals surface area contributed by atoms with Gasteiger partial charge in [-0.1, -0.05) is 0 Å². The zero-order chi connectivity index (χ0) is 12.4. The normalized spacial score (nSPS) is 10.4. The van der Waals surface area contributed by atoms with E-state index in [0.717, 1.165) is 0 Å². The number of terminal acetylenes is 2. The molecule has 0 aliphatic carbocycles. The van der Waals surface area contributed by atoms with E-state index in [1.807, 2.05) is 0 Å². The number of hydrogen-bond donors (Lipinski definition) is 1. The van der Waals surface area contributed by atoms with E-state index in [2.05, 4.69) is 11.8 Å². The predicted octanol–water partition coefficient (Wildman–Crippen LogP) is 2.26. The summed E-state index contributed by atoms with van der Waals surface area (Å²) in [5, 5.41) is 8.71. The molecule has 0 aliphatic rings. The SMILES string of the molecule is C#CCCCP(=O)(CCCC#C)CC(=O)O. The molecule has 0 saturated heterocycles. The van der Waals surface area contributed by atoms with Crippen LogP contribution >= 0.6 is 7.14 Å². The smallest absolute Gasteiger partial charge is 0.310 e. The first-order chi connectivity index (χ1) is 7.54. The third-order valence-electron chi connectivity index (χ3n) is 2.20. The molecule has 88 valence electrons. The lowest BCUT2D eigenvalue weighted by atomic mass is 10.3. The van der Waals surface area contributed by atoms with Crippen molar-refractivity contribution >= 4 is 13.1 Å². The van der Waals surface area contributed by atoms with Gasteiger partial charge in [-0.2, -0.15) is 0 Å². The zero-order valence-electron chi connectivity index (χ0n) is 9.32. The van der Waals surface area contributed by atoms with Gasteiger partial charge in [-0.3, -0.25) is 4.79 Å². The molecule has 0 fully saturated rings. The second-order valence-electron chi connectivity index (χ2n) is 3.67. The Bertz CT molecular complexity index is 322. The van der Waals surface area contributed by atoms with Gasteiger partial charge in [0.05, 0.1) is 13.3 Å². The Kier molecular flexibility index (Phi) is 7.44. The maximum Gasteiger partial charge on any atom is 0.310 e. The van der Waals surface area contributed by atoms with Gasteiger partial charge in [0.15, 0.2) is 0 Å². The summed E-state index contributed by atoms with van der Waals surface area (Å²) in [6.07, 6.45) is 13.1. The molecular weight excluding hydrogens is 223 g/mol. The van der Waals surface area contributed by atoms with Gasteiger partial charge in [-0.05, 0) is 12.8 Å². The van der Waals surface area contributed by atoms with Crippen molar-refractivity contribution in [3.63, 3.8) is 0 Å². The minimum absolute atomic E-state index is 0.248. The van der Waals surface area contributed by atoms with Crippen LogP contribution in [0.2, 0.25) is 0 Å². The van der Waals surface area contributed by atoms with E-state index in [1.54, 1.807) is 0 Å². The lowest BCUT2D eigenvalue weighted by Crippen LogP contribution is -2.09. The average Bonchev–Trinajstić information content (AvgIpc) is 2.17. The van der Waals surface area contributed by atoms with E-state index in [-0.39, 0.29) is 6.16 Å². The number of carboxylic acids is 1. The van der Waals surface area contributed by atoms with Crippen molar-refractivity contribution in [2.24, 2.45) is 0 Å². The van der Waals surface area contributed by atoms with Gasteiger partial charge in [0.25, 0.3) is 0 Å².